The van der Waals surface area contributed by atoms with Gasteiger partial charge in [-0.05, 0) is 37.1 Å². The molecule has 0 fully saturated rings. The number of likely N-dealkylation sites (N-methyl/N-ethyl adjacent to an activating group) is 1. The second kappa shape index (κ2) is 7.04. The van der Waals surface area contributed by atoms with Crippen LogP contribution >= 0.6 is 0 Å². The van der Waals surface area contributed by atoms with Crippen LogP contribution in [0.5, 0.6) is 0 Å². The fourth-order valence-electron chi connectivity index (χ4n) is 2.87. The summed E-state index contributed by atoms with van der Waals surface area (Å²) in [5.74, 6) is 0.544. The van der Waals surface area contributed by atoms with Crippen molar-refractivity contribution in [3.05, 3.63) is 35.6 Å². The van der Waals surface area contributed by atoms with Gasteiger partial charge < -0.3 is 5.32 Å². The number of hydrogen-bond acceptors (Lipinski definition) is 1. The average Bonchev–Trinajstić information content (AvgIpc) is 2.36. The van der Waals surface area contributed by atoms with Crippen molar-refractivity contribution in [3.63, 3.8) is 0 Å². The Hall–Kier alpha value is -0.890. The van der Waals surface area contributed by atoms with Crippen LogP contribution in [0.1, 0.15) is 52.5 Å². The molecule has 0 aliphatic rings. The minimum atomic E-state index is -0.167. The lowest BCUT2D eigenvalue weighted by atomic mass is 9.74. The molecule has 0 heterocycles. The Kier molecular flexibility index (Phi) is 5.99. The minimum Gasteiger partial charge on any atom is -0.316 e. The fourth-order valence-corrected chi connectivity index (χ4v) is 2.87. The topological polar surface area (TPSA) is 12.0 Å². The van der Waals surface area contributed by atoms with Crippen molar-refractivity contribution in [2.45, 2.75) is 58.4 Å². The van der Waals surface area contributed by atoms with Crippen molar-refractivity contribution >= 4 is 0 Å². The summed E-state index contributed by atoms with van der Waals surface area (Å²) in [5.41, 5.74) is 1.20. The first-order chi connectivity index (χ1) is 8.91. The summed E-state index contributed by atoms with van der Waals surface area (Å²) < 4.78 is 13.1. The molecular weight excluding hydrogens is 237 g/mol. The van der Waals surface area contributed by atoms with E-state index < -0.39 is 0 Å². The van der Waals surface area contributed by atoms with Crippen LogP contribution in [-0.4, -0.2) is 13.1 Å². The normalized spacial score (nSPS) is 15.3. The maximum Gasteiger partial charge on any atom is 0.123 e. The zero-order valence-corrected chi connectivity index (χ0v) is 13.0. The van der Waals surface area contributed by atoms with E-state index in [0.29, 0.717) is 12.0 Å². The van der Waals surface area contributed by atoms with Crippen LogP contribution in [0.4, 0.5) is 4.39 Å². The molecule has 1 nitrogen and oxygen atoms in total. The molecular formula is C17H28FN. The van der Waals surface area contributed by atoms with E-state index >= 15 is 0 Å². The van der Waals surface area contributed by atoms with Gasteiger partial charge >= 0.3 is 0 Å². The second-order valence-corrected chi connectivity index (χ2v) is 6.20. The highest BCUT2D eigenvalue weighted by atomic mass is 19.1. The van der Waals surface area contributed by atoms with E-state index in [0.717, 1.165) is 6.42 Å². The van der Waals surface area contributed by atoms with Crippen molar-refractivity contribution in [1.29, 1.82) is 0 Å². The lowest BCUT2D eigenvalue weighted by Crippen LogP contribution is -2.44. The smallest absolute Gasteiger partial charge is 0.123 e. The Labute approximate surface area is 117 Å². The number of rotatable bonds is 7. The maximum absolute atomic E-state index is 13.1. The van der Waals surface area contributed by atoms with Gasteiger partial charge in [-0.1, -0.05) is 52.7 Å². The molecule has 0 amide bonds. The van der Waals surface area contributed by atoms with Gasteiger partial charge in [0.05, 0.1) is 0 Å². The Morgan fingerprint density at radius 2 is 1.79 bits per heavy atom. The lowest BCUT2D eigenvalue weighted by Gasteiger charge is -2.36. The quantitative estimate of drug-likeness (QED) is 0.764. The Bertz CT molecular complexity index is 369. The Morgan fingerprint density at radius 1 is 1.21 bits per heavy atom. The molecule has 19 heavy (non-hydrogen) atoms. The molecule has 0 saturated heterocycles. The molecule has 0 aliphatic heterocycles. The predicted octanol–water partition coefficient (Wildman–Crippen LogP) is 4.52. The van der Waals surface area contributed by atoms with Gasteiger partial charge in [0.25, 0.3) is 0 Å². The molecule has 0 spiro atoms. The van der Waals surface area contributed by atoms with Crippen molar-refractivity contribution in [2.24, 2.45) is 5.92 Å². The highest BCUT2D eigenvalue weighted by Crippen LogP contribution is 2.31. The first kappa shape index (κ1) is 16.2. The molecule has 108 valence electrons. The van der Waals surface area contributed by atoms with Crippen molar-refractivity contribution in [2.75, 3.05) is 7.05 Å². The fraction of sp³-hybridized carbons (Fsp3) is 0.647. The summed E-state index contributed by atoms with van der Waals surface area (Å²) in [6.07, 6.45) is 3.64. The monoisotopic (exact) mass is 265 g/mol. The molecule has 1 rings (SSSR count). The molecule has 0 aliphatic carbocycles. The highest BCUT2D eigenvalue weighted by molar-refractivity contribution is 5.26. The number of nitrogens with one attached hydrogen (secondary N) is 1. The third-order valence-electron chi connectivity index (χ3n) is 4.23. The number of benzene rings is 1. The molecule has 2 unspecified atom stereocenters. The molecule has 2 heteroatoms. The highest BCUT2D eigenvalue weighted by Gasteiger charge is 2.31. The van der Waals surface area contributed by atoms with Crippen LogP contribution in [0.3, 0.4) is 0 Å². The second-order valence-electron chi connectivity index (χ2n) is 6.20. The third-order valence-corrected chi connectivity index (χ3v) is 4.23. The van der Waals surface area contributed by atoms with Crippen LogP contribution in [0.15, 0.2) is 24.3 Å². The van der Waals surface area contributed by atoms with E-state index in [1.54, 1.807) is 12.1 Å². The van der Waals surface area contributed by atoms with Gasteiger partial charge in [0, 0.05) is 11.5 Å². The first-order valence-electron chi connectivity index (χ1n) is 7.35. The molecule has 2 atom stereocenters. The molecule has 1 aromatic carbocycles. The average molecular weight is 265 g/mol. The van der Waals surface area contributed by atoms with Gasteiger partial charge in [0.2, 0.25) is 0 Å². The lowest BCUT2D eigenvalue weighted by molar-refractivity contribution is 0.292. The zero-order valence-electron chi connectivity index (χ0n) is 13.0. The Balaban J connectivity index is 2.85. The van der Waals surface area contributed by atoms with Gasteiger partial charge in [-0.25, -0.2) is 4.39 Å². The molecule has 1 N–H and O–H groups in total. The summed E-state index contributed by atoms with van der Waals surface area (Å²) in [7, 11) is 2.02. The summed E-state index contributed by atoms with van der Waals surface area (Å²) in [6, 6.07) is 7.33. The van der Waals surface area contributed by atoms with E-state index in [-0.39, 0.29) is 11.2 Å². The standard InChI is InChI=1S/C17H28FN/c1-6-7-13(2)12-16(19-5)17(3,4)14-8-10-15(18)11-9-14/h8-11,13,16,19H,6-7,12H2,1-5H3. The van der Waals surface area contributed by atoms with E-state index in [4.69, 9.17) is 0 Å². The third kappa shape index (κ3) is 4.31. The SMILES string of the molecule is CCCC(C)CC(NC)C(C)(C)c1ccc(F)cc1. The predicted molar refractivity (Wildman–Crippen MR) is 81.0 cm³/mol. The maximum atomic E-state index is 13.1. The van der Waals surface area contributed by atoms with E-state index in [2.05, 4.69) is 33.0 Å². The van der Waals surface area contributed by atoms with E-state index in [1.165, 1.54) is 18.4 Å². The molecule has 0 saturated carbocycles. The van der Waals surface area contributed by atoms with Crippen LogP contribution in [0.25, 0.3) is 0 Å². The van der Waals surface area contributed by atoms with Gasteiger partial charge in [-0.3, -0.25) is 0 Å². The van der Waals surface area contributed by atoms with Gasteiger partial charge in [-0.15, -0.1) is 0 Å². The van der Waals surface area contributed by atoms with Crippen LogP contribution in [0.2, 0.25) is 0 Å². The molecule has 0 radical (unpaired) electrons. The summed E-state index contributed by atoms with van der Waals surface area (Å²) in [4.78, 5) is 0. The molecule has 1 aromatic rings. The Morgan fingerprint density at radius 3 is 2.26 bits per heavy atom. The van der Waals surface area contributed by atoms with Crippen LogP contribution in [0, 0.1) is 11.7 Å². The minimum absolute atomic E-state index is 0.00442. The van der Waals surface area contributed by atoms with Crippen molar-refractivity contribution < 1.29 is 4.39 Å². The largest absolute Gasteiger partial charge is 0.316 e. The van der Waals surface area contributed by atoms with Crippen molar-refractivity contribution in [1.82, 2.24) is 5.32 Å². The van der Waals surface area contributed by atoms with Gasteiger partial charge in [0.15, 0.2) is 0 Å². The summed E-state index contributed by atoms with van der Waals surface area (Å²) in [5, 5.41) is 3.45. The number of hydrogen-bond donors (Lipinski definition) is 1. The van der Waals surface area contributed by atoms with Crippen molar-refractivity contribution in [3.8, 4) is 0 Å². The number of halogens is 1. The summed E-state index contributed by atoms with van der Waals surface area (Å²) >= 11 is 0. The molecule has 0 bridgehead atoms. The van der Waals surface area contributed by atoms with Crippen LogP contribution < -0.4 is 5.32 Å². The summed E-state index contributed by atoms with van der Waals surface area (Å²) in [6.45, 7) is 9.02. The van der Waals surface area contributed by atoms with Crippen LogP contribution in [-0.2, 0) is 5.41 Å². The van der Waals surface area contributed by atoms with E-state index in [1.807, 2.05) is 19.2 Å². The van der Waals surface area contributed by atoms with E-state index in [9.17, 15) is 4.39 Å². The van der Waals surface area contributed by atoms with Gasteiger partial charge in [-0.2, -0.15) is 0 Å². The zero-order chi connectivity index (χ0) is 14.5. The van der Waals surface area contributed by atoms with Gasteiger partial charge in [0.1, 0.15) is 5.82 Å². The molecule has 0 aromatic heterocycles. The first-order valence-corrected chi connectivity index (χ1v) is 7.35.